The number of fused-ring (bicyclic) bond motifs is 1. The normalized spacial score (nSPS) is 17.3. The molecule has 0 aliphatic heterocycles. The Hall–Kier alpha value is -1.91. The molecule has 0 radical (unpaired) electrons. The van der Waals surface area contributed by atoms with Crippen LogP contribution in [-0.4, -0.2) is 17.5 Å². The van der Waals surface area contributed by atoms with Gasteiger partial charge in [-0.3, -0.25) is 14.9 Å². The van der Waals surface area contributed by atoms with Gasteiger partial charge in [0.1, 0.15) is 0 Å². The molecular weight excluding hydrogens is 234 g/mol. The summed E-state index contributed by atoms with van der Waals surface area (Å²) in [5.74, 6) is 0.155. The van der Waals surface area contributed by atoms with E-state index < -0.39 is 0 Å². The van der Waals surface area contributed by atoms with E-state index in [2.05, 4.69) is 0 Å². The van der Waals surface area contributed by atoms with Crippen LogP contribution >= 0.6 is 0 Å². The van der Waals surface area contributed by atoms with E-state index in [0.29, 0.717) is 12.5 Å². The van der Waals surface area contributed by atoms with Gasteiger partial charge in [0.05, 0.1) is 11.5 Å². The first kappa shape index (κ1) is 12.5. The topological polar surface area (TPSA) is 69.4 Å². The predicted molar refractivity (Wildman–Crippen MR) is 65.2 cm³/mol. The molecule has 0 spiro atoms. The van der Waals surface area contributed by atoms with Crippen LogP contribution in [0.4, 0.5) is 5.69 Å². The lowest BCUT2D eigenvalue weighted by atomic mass is 10.0. The molecule has 18 heavy (non-hydrogen) atoms. The van der Waals surface area contributed by atoms with Crippen LogP contribution in [0.25, 0.3) is 0 Å². The van der Waals surface area contributed by atoms with Gasteiger partial charge in [0, 0.05) is 19.1 Å². The maximum Gasteiger partial charge on any atom is 0.302 e. The zero-order valence-corrected chi connectivity index (χ0v) is 10.2. The van der Waals surface area contributed by atoms with Gasteiger partial charge < -0.3 is 4.74 Å². The molecular formula is C13H15NO4. The van der Waals surface area contributed by atoms with Crippen LogP contribution in [0.15, 0.2) is 18.2 Å². The first-order valence-corrected chi connectivity index (χ1v) is 5.96. The van der Waals surface area contributed by atoms with Gasteiger partial charge >= 0.3 is 5.97 Å². The van der Waals surface area contributed by atoms with Crippen LogP contribution in [0, 0.1) is 16.0 Å². The fourth-order valence-electron chi connectivity index (χ4n) is 2.38. The zero-order valence-electron chi connectivity index (χ0n) is 10.2. The van der Waals surface area contributed by atoms with E-state index in [1.165, 1.54) is 12.5 Å². The summed E-state index contributed by atoms with van der Waals surface area (Å²) >= 11 is 0. The third-order valence-corrected chi connectivity index (χ3v) is 3.25. The number of nitrogens with zero attached hydrogens (tertiary/aromatic N) is 1. The van der Waals surface area contributed by atoms with Crippen molar-refractivity contribution in [2.45, 2.75) is 26.2 Å². The largest absolute Gasteiger partial charge is 0.466 e. The molecule has 0 heterocycles. The summed E-state index contributed by atoms with van der Waals surface area (Å²) in [6.45, 7) is 1.82. The SMILES string of the molecule is CC(=O)OCCC1Cc2ccc([N+](=O)[O-])cc2C1. The van der Waals surface area contributed by atoms with E-state index in [9.17, 15) is 14.9 Å². The van der Waals surface area contributed by atoms with Gasteiger partial charge in [-0.05, 0) is 36.3 Å². The lowest BCUT2D eigenvalue weighted by Gasteiger charge is -2.07. The second kappa shape index (κ2) is 5.16. The molecule has 5 nitrogen and oxygen atoms in total. The Bertz CT molecular complexity index is 484. The van der Waals surface area contributed by atoms with E-state index >= 15 is 0 Å². The molecule has 0 aromatic heterocycles. The van der Waals surface area contributed by atoms with Gasteiger partial charge in [0.2, 0.25) is 0 Å². The van der Waals surface area contributed by atoms with Gasteiger partial charge in [-0.25, -0.2) is 0 Å². The van der Waals surface area contributed by atoms with Gasteiger partial charge in [-0.15, -0.1) is 0 Å². The minimum absolute atomic E-state index is 0.148. The molecule has 0 N–H and O–H groups in total. The first-order valence-electron chi connectivity index (χ1n) is 5.96. The molecule has 1 aliphatic rings. The molecule has 96 valence electrons. The maximum absolute atomic E-state index is 10.7. The van der Waals surface area contributed by atoms with E-state index in [4.69, 9.17) is 4.74 Å². The number of nitro benzene ring substituents is 1. The monoisotopic (exact) mass is 249 g/mol. The third-order valence-electron chi connectivity index (χ3n) is 3.25. The Morgan fingerprint density at radius 3 is 2.83 bits per heavy atom. The van der Waals surface area contributed by atoms with Crippen molar-refractivity contribution in [1.82, 2.24) is 0 Å². The van der Waals surface area contributed by atoms with Crippen molar-refractivity contribution < 1.29 is 14.5 Å². The molecule has 1 aromatic rings. The number of carbonyl (C=O) groups excluding carboxylic acids is 1. The van der Waals surface area contributed by atoms with E-state index in [-0.39, 0.29) is 16.6 Å². The van der Waals surface area contributed by atoms with Gasteiger partial charge in [0.25, 0.3) is 5.69 Å². The first-order chi connectivity index (χ1) is 8.56. The lowest BCUT2D eigenvalue weighted by molar-refractivity contribution is -0.384. The highest BCUT2D eigenvalue weighted by Crippen LogP contribution is 2.31. The van der Waals surface area contributed by atoms with Gasteiger partial charge in [-0.1, -0.05) is 6.07 Å². The smallest absolute Gasteiger partial charge is 0.302 e. The quantitative estimate of drug-likeness (QED) is 0.466. The zero-order chi connectivity index (χ0) is 13.1. The molecule has 1 atom stereocenters. The highest BCUT2D eigenvalue weighted by molar-refractivity contribution is 5.65. The average molecular weight is 249 g/mol. The van der Waals surface area contributed by atoms with Gasteiger partial charge in [-0.2, -0.15) is 0 Å². The van der Waals surface area contributed by atoms with Crippen molar-refractivity contribution >= 4 is 11.7 Å². The summed E-state index contributed by atoms with van der Waals surface area (Å²) in [5.41, 5.74) is 2.37. The Balaban J connectivity index is 1.95. The van der Waals surface area contributed by atoms with Crippen molar-refractivity contribution in [2.75, 3.05) is 6.61 Å². The molecule has 5 heteroatoms. The summed E-state index contributed by atoms with van der Waals surface area (Å²) in [6, 6.07) is 5.04. The molecule has 0 fully saturated rings. The van der Waals surface area contributed by atoms with E-state index in [1.54, 1.807) is 12.1 Å². The average Bonchev–Trinajstić information content (AvgIpc) is 2.69. The van der Waals surface area contributed by atoms with Crippen molar-refractivity contribution in [3.8, 4) is 0 Å². The summed E-state index contributed by atoms with van der Waals surface area (Å²) in [4.78, 5) is 21.0. The lowest BCUT2D eigenvalue weighted by Crippen LogP contribution is -2.07. The summed E-state index contributed by atoms with van der Waals surface area (Å²) in [6.07, 6.45) is 2.55. The number of ether oxygens (including phenoxy) is 1. The number of benzene rings is 1. The second-order valence-electron chi connectivity index (χ2n) is 4.61. The molecule has 0 amide bonds. The van der Waals surface area contributed by atoms with Crippen molar-refractivity contribution in [3.63, 3.8) is 0 Å². The van der Waals surface area contributed by atoms with Crippen molar-refractivity contribution in [3.05, 3.63) is 39.4 Å². The number of esters is 1. The number of carbonyl (C=O) groups is 1. The van der Waals surface area contributed by atoms with E-state index in [0.717, 1.165) is 24.8 Å². The Kier molecular flexibility index (Phi) is 3.60. The Morgan fingerprint density at radius 2 is 2.17 bits per heavy atom. The summed E-state index contributed by atoms with van der Waals surface area (Å²) in [7, 11) is 0. The summed E-state index contributed by atoms with van der Waals surface area (Å²) < 4.78 is 4.92. The number of rotatable bonds is 4. The van der Waals surface area contributed by atoms with E-state index in [1.807, 2.05) is 6.07 Å². The minimum atomic E-state index is -0.369. The minimum Gasteiger partial charge on any atom is -0.466 e. The number of non-ortho nitro benzene ring substituents is 1. The molecule has 0 bridgehead atoms. The third kappa shape index (κ3) is 2.85. The maximum atomic E-state index is 10.7. The molecule has 1 aliphatic carbocycles. The standard InChI is InChI=1S/C13H15NO4/c1-9(15)18-5-4-10-6-11-2-3-13(14(16)17)8-12(11)7-10/h2-3,8,10H,4-7H2,1H3. The Morgan fingerprint density at radius 1 is 1.44 bits per heavy atom. The van der Waals surface area contributed by atoms with Crippen LogP contribution in [-0.2, 0) is 22.4 Å². The Labute approximate surface area is 105 Å². The predicted octanol–water partition coefficient (Wildman–Crippen LogP) is 2.26. The fourth-order valence-corrected chi connectivity index (χ4v) is 2.38. The van der Waals surface area contributed by atoms with Crippen LogP contribution in [0.5, 0.6) is 0 Å². The van der Waals surface area contributed by atoms with Crippen LogP contribution in [0.1, 0.15) is 24.5 Å². The second-order valence-corrected chi connectivity index (χ2v) is 4.61. The highest BCUT2D eigenvalue weighted by Gasteiger charge is 2.23. The van der Waals surface area contributed by atoms with Gasteiger partial charge in [0.15, 0.2) is 0 Å². The fraction of sp³-hybridized carbons (Fsp3) is 0.462. The molecule has 1 aromatic carbocycles. The summed E-state index contributed by atoms with van der Waals surface area (Å²) in [5, 5.41) is 10.7. The van der Waals surface area contributed by atoms with Crippen LogP contribution in [0.3, 0.4) is 0 Å². The molecule has 1 unspecified atom stereocenters. The van der Waals surface area contributed by atoms with Crippen molar-refractivity contribution in [2.24, 2.45) is 5.92 Å². The number of hydrogen-bond donors (Lipinski definition) is 0. The van der Waals surface area contributed by atoms with Crippen LogP contribution in [0.2, 0.25) is 0 Å². The van der Waals surface area contributed by atoms with Crippen molar-refractivity contribution in [1.29, 1.82) is 0 Å². The molecule has 2 rings (SSSR count). The number of hydrogen-bond acceptors (Lipinski definition) is 4. The number of nitro groups is 1. The van der Waals surface area contributed by atoms with Crippen LogP contribution < -0.4 is 0 Å². The highest BCUT2D eigenvalue weighted by atomic mass is 16.6. The molecule has 0 saturated heterocycles. The molecule has 0 saturated carbocycles.